The second-order valence-corrected chi connectivity index (χ2v) is 5.81. The maximum atomic E-state index is 14.1. The summed E-state index contributed by atoms with van der Waals surface area (Å²) in [6.45, 7) is 5.22. The number of aliphatic hydroxyl groups is 1. The lowest BCUT2D eigenvalue weighted by molar-refractivity contribution is 0.195. The van der Waals surface area contributed by atoms with Crippen LogP contribution in [0.5, 0.6) is 0 Å². The Labute approximate surface area is 130 Å². The fraction of sp³-hybridized carbons (Fsp3) is 0.533. The highest BCUT2D eigenvalue weighted by Crippen LogP contribution is 2.14. The highest BCUT2D eigenvalue weighted by molar-refractivity contribution is 7.80. The smallest absolute Gasteiger partial charge is 0.128 e. The molecule has 0 aromatic heterocycles. The zero-order valence-electron chi connectivity index (χ0n) is 12.1. The molecule has 116 valence electrons. The van der Waals surface area contributed by atoms with Gasteiger partial charge in [-0.25, -0.2) is 4.39 Å². The van der Waals surface area contributed by atoms with E-state index in [-0.39, 0.29) is 17.4 Å². The summed E-state index contributed by atoms with van der Waals surface area (Å²) in [5, 5.41) is 8.99. The molecule has 1 saturated heterocycles. The van der Waals surface area contributed by atoms with Crippen molar-refractivity contribution in [3.63, 3.8) is 0 Å². The Hall–Kier alpha value is -1.08. The number of rotatable bonds is 5. The van der Waals surface area contributed by atoms with Gasteiger partial charge in [0.15, 0.2) is 0 Å². The molecule has 2 rings (SSSR count). The molecule has 0 aliphatic carbocycles. The third-order valence-electron chi connectivity index (χ3n) is 3.83. The molecule has 1 aliphatic heterocycles. The topological polar surface area (TPSA) is 52.7 Å². The van der Waals surface area contributed by atoms with Crippen LogP contribution in [0.1, 0.15) is 17.5 Å². The molecule has 0 saturated carbocycles. The summed E-state index contributed by atoms with van der Waals surface area (Å²) < 4.78 is 14.1. The molecular formula is C15H22FN3OS. The van der Waals surface area contributed by atoms with E-state index >= 15 is 0 Å². The van der Waals surface area contributed by atoms with Gasteiger partial charge in [0.1, 0.15) is 10.8 Å². The summed E-state index contributed by atoms with van der Waals surface area (Å²) in [5.41, 5.74) is 6.75. The van der Waals surface area contributed by atoms with E-state index in [0.29, 0.717) is 24.2 Å². The zero-order chi connectivity index (χ0) is 15.2. The van der Waals surface area contributed by atoms with Crippen LogP contribution in [0.25, 0.3) is 0 Å². The second-order valence-electron chi connectivity index (χ2n) is 5.37. The Morgan fingerprint density at radius 1 is 1.24 bits per heavy atom. The van der Waals surface area contributed by atoms with Crippen molar-refractivity contribution in [2.24, 2.45) is 5.73 Å². The van der Waals surface area contributed by atoms with Crippen LogP contribution in [0.4, 0.5) is 4.39 Å². The largest absolute Gasteiger partial charge is 0.395 e. The van der Waals surface area contributed by atoms with Crippen LogP contribution in [0, 0.1) is 5.82 Å². The van der Waals surface area contributed by atoms with Gasteiger partial charge in [0.25, 0.3) is 0 Å². The van der Waals surface area contributed by atoms with Crippen LogP contribution < -0.4 is 5.73 Å². The second kappa shape index (κ2) is 7.79. The lowest BCUT2D eigenvalue weighted by Gasteiger charge is -2.21. The van der Waals surface area contributed by atoms with Gasteiger partial charge < -0.3 is 10.8 Å². The van der Waals surface area contributed by atoms with Crippen molar-refractivity contribution in [1.82, 2.24) is 9.80 Å². The summed E-state index contributed by atoms with van der Waals surface area (Å²) in [5.74, 6) is -0.253. The molecule has 1 heterocycles. The molecule has 1 aliphatic rings. The molecular weight excluding hydrogens is 289 g/mol. The Kier molecular flexibility index (Phi) is 6.05. The van der Waals surface area contributed by atoms with E-state index in [4.69, 9.17) is 23.1 Å². The number of β-amino-alcohol motifs (C(OH)–C–C–N with tert-alkyl or cyclic N) is 1. The molecule has 1 fully saturated rings. The van der Waals surface area contributed by atoms with Gasteiger partial charge in [0.2, 0.25) is 0 Å². The van der Waals surface area contributed by atoms with Crippen LogP contribution in [-0.4, -0.2) is 59.2 Å². The molecule has 0 spiro atoms. The van der Waals surface area contributed by atoms with Gasteiger partial charge in [-0.1, -0.05) is 24.4 Å². The van der Waals surface area contributed by atoms with Crippen molar-refractivity contribution < 1.29 is 9.50 Å². The number of nitrogens with two attached hydrogens (primary N) is 1. The summed E-state index contributed by atoms with van der Waals surface area (Å²) >= 11 is 4.86. The number of aliphatic hydroxyl groups excluding tert-OH is 1. The number of benzene rings is 1. The maximum absolute atomic E-state index is 14.1. The van der Waals surface area contributed by atoms with Crippen LogP contribution in [0.3, 0.4) is 0 Å². The molecule has 0 radical (unpaired) electrons. The fourth-order valence-electron chi connectivity index (χ4n) is 2.62. The predicted molar refractivity (Wildman–Crippen MR) is 85.7 cm³/mol. The van der Waals surface area contributed by atoms with Crippen molar-refractivity contribution in [2.45, 2.75) is 13.0 Å². The van der Waals surface area contributed by atoms with E-state index in [1.165, 1.54) is 6.07 Å². The third-order valence-corrected chi connectivity index (χ3v) is 4.06. The van der Waals surface area contributed by atoms with Gasteiger partial charge in [-0.05, 0) is 25.6 Å². The van der Waals surface area contributed by atoms with Gasteiger partial charge in [0.05, 0.1) is 6.61 Å². The first-order valence-electron chi connectivity index (χ1n) is 7.24. The highest BCUT2D eigenvalue weighted by atomic mass is 32.1. The molecule has 1 aromatic rings. The minimum atomic E-state index is -0.253. The molecule has 0 unspecified atom stereocenters. The molecule has 21 heavy (non-hydrogen) atoms. The van der Waals surface area contributed by atoms with Gasteiger partial charge in [0, 0.05) is 37.3 Å². The standard InChI is InChI=1S/C15H22FN3OS/c16-14-10-12(15(17)21)2-3-13(14)11-19-5-1-4-18(6-7-19)8-9-20/h2-3,10,20H,1,4-9,11H2,(H2,17,21). The van der Waals surface area contributed by atoms with Gasteiger partial charge in [-0.15, -0.1) is 0 Å². The summed E-state index contributed by atoms with van der Waals surface area (Å²) in [4.78, 5) is 4.71. The van der Waals surface area contributed by atoms with E-state index in [1.54, 1.807) is 12.1 Å². The Bertz CT molecular complexity index is 498. The van der Waals surface area contributed by atoms with Crippen LogP contribution in [-0.2, 0) is 6.54 Å². The number of hydrogen-bond acceptors (Lipinski definition) is 4. The van der Waals surface area contributed by atoms with E-state index in [9.17, 15) is 4.39 Å². The lowest BCUT2D eigenvalue weighted by Crippen LogP contribution is -2.32. The third kappa shape index (κ3) is 4.71. The molecule has 0 bridgehead atoms. The van der Waals surface area contributed by atoms with Gasteiger partial charge >= 0.3 is 0 Å². The Balaban J connectivity index is 1.97. The zero-order valence-corrected chi connectivity index (χ0v) is 12.9. The Morgan fingerprint density at radius 3 is 2.62 bits per heavy atom. The van der Waals surface area contributed by atoms with Crippen molar-refractivity contribution in [3.8, 4) is 0 Å². The van der Waals surface area contributed by atoms with Crippen LogP contribution in [0.2, 0.25) is 0 Å². The Morgan fingerprint density at radius 2 is 1.95 bits per heavy atom. The number of nitrogens with zero attached hydrogens (tertiary/aromatic N) is 2. The minimum Gasteiger partial charge on any atom is -0.395 e. The maximum Gasteiger partial charge on any atom is 0.128 e. The molecule has 6 heteroatoms. The van der Waals surface area contributed by atoms with Crippen LogP contribution in [0.15, 0.2) is 18.2 Å². The minimum absolute atomic E-state index is 0.190. The van der Waals surface area contributed by atoms with Gasteiger partial charge in [-0.3, -0.25) is 9.80 Å². The molecule has 0 amide bonds. The van der Waals surface area contributed by atoms with Crippen molar-refractivity contribution >= 4 is 17.2 Å². The van der Waals surface area contributed by atoms with E-state index in [2.05, 4.69) is 9.80 Å². The number of halogens is 1. The highest BCUT2D eigenvalue weighted by Gasteiger charge is 2.16. The average Bonchev–Trinajstić information content (AvgIpc) is 2.67. The summed E-state index contributed by atoms with van der Waals surface area (Å²) in [6, 6.07) is 4.95. The first-order chi connectivity index (χ1) is 10.1. The van der Waals surface area contributed by atoms with Gasteiger partial charge in [-0.2, -0.15) is 0 Å². The van der Waals surface area contributed by atoms with Crippen molar-refractivity contribution in [3.05, 3.63) is 35.1 Å². The average molecular weight is 311 g/mol. The predicted octanol–water partition coefficient (Wildman–Crippen LogP) is 0.960. The van der Waals surface area contributed by atoms with E-state index in [1.807, 2.05) is 0 Å². The first kappa shape index (κ1) is 16.3. The molecule has 4 nitrogen and oxygen atoms in total. The van der Waals surface area contributed by atoms with Crippen molar-refractivity contribution in [2.75, 3.05) is 39.3 Å². The molecule has 0 atom stereocenters. The molecule has 1 aromatic carbocycles. The van der Waals surface area contributed by atoms with E-state index in [0.717, 1.165) is 32.6 Å². The number of thiocarbonyl (C=S) groups is 1. The lowest BCUT2D eigenvalue weighted by atomic mass is 10.1. The first-order valence-corrected chi connectivity index (χ1v) is 7.65. The number of hydrogen-bond donors (Lipinski definition) is 2. The monoisotopic (exact) mass is 311 g/mol. The normalized spacial score (nSPS) is 17.6. The van der Waals surface area contributed by atoms with Crippen molar-refractivity contribution in [1.29, 1.82) is 0 Å². The van der Waals surface area contributed by atoms with E-state index < -0.39 is 0 Å². The summed E-state index contributed by atoms with van der Waals surface area (Å²) in [6.07, 6.45) is 1.03. The SMILES string of the molecule is NC(=S)c1ccc(CN2CCCN(CCO)CC2)c(F)c1. The quantitative estimate of drug-likeness (QED) is 0.793. The fourth-order valence-corrected chi connectivity index (χ4v) is 2.74. The van der Waals surface area contributed by atoms with Crippen LogP contribution >= 0.6 is 12.2 Å². The summed E-state index contributed by atoms with van der Waals surface area (Å²) in [7, 11) is 0. The molecule has 3 N–H and O–H groups in total.